The number of hydrogen-bond donors (Lipinski definition) is 1. The van der Waals surface area contributed by atoms with Crippen molar-refractivity contribution < 1.29 is 23.8 Å². The summed E-state index contributed by atoms with van der Waals surface area (Å²) < 4.78 is 30.0. The first kappa shape index (κ1) is 29.7. The van der Waals surface area contributed by atoms with Gasteiger partial charge in [0.1, 0.15) is 18.5 Å². The van der Waals surface area contributed by atoms with Gasteiger partial charge in [-0.1, -0.05) is 6.07 Å². The quantitative estimate of drug-likeness (QED) is 0.203. The number of hydrogen-bond acceptors (Lipinski definition) is 8. The molecule has 4 heterocycles. The van der Waals surface area contributed by atoms with Gasteiger partial charge in [-0.25, -0.2) is 29.0 Å². The lowest BCUT2D eigenvalue weighted by molar-refractivity contribution is 0.0697. The van der Waals surface area contributed by atoms with Crippen LogP contribution in [0.3, 0.4) is 0 Å². The third kappa shape index (κ3) is 6.76. The predicted octanol–water partition coefficient (Wildman–Crippen LogP) is 5.10. The second-order valence-electron chi connectivity index (χ2n) is 10.7. The average molecular weight is 611 g/mol. The first-order valence-corrected chi connectivity index (χ1v) is 14.6. The highest BCUT2D eigenvalue weighted by Crippen LogP contribution is 2.25. The number of carboxylic acid groups (broad SMARTS) is 1. The van der Waals surface area contributed by atoms with Crippen LogP contribution in [0.2, 0.25) is 0 Å². The number of fused-ring (bicyclic) bond motifs is 1. The highest BCUT2D eigenvalue weighted by Gasteiger charge is 2.24. The Kier molecular flexibility index (Phi) is 8.65. The largest absolute Gasteiger partial charge is 0.483 e. The number of carboxylic acids is 1. The highest BCUT2D eigenvalue weighted by atomic mass is 19.1. The van der Waals surface area contributed by atoms with Crippen LogP contribution < -0.4 is 9.47 Å². The summed E-state index contributed by atoms with van der Waals surface area (Å²) in [5, 5.41) is 9.59. The molecular weight excluding hydrogens is 579 g/mol. The molecule has 1 aliphatic rings. The standard InChI is InChI=1S/C32H31FN8O4/c1-3-40-20-35-16-23(40)17-41-27-14-21(32(42)43)4-6-26(27)37-30(41)18-39-12-9-24(10-13-39)45-31-8-11-36-29(38-31)19-44-28-7-5-22(34-2)15-25(28)33/h4-8,11,14-16,20,24H,3,9-10,12-13,17-19H2,1H3,(H,42,43). The predicted molar refractivity (Wildman–Crippen MR) is 162 cm³/mol. The first-order chi connectivity index (χ1) is 21.9. The number of halogens is 1. The summed E-state index contributed by atoms with van der Waals surface area (Å²) in [5.41, 5.74) is 2.97. The normalized spacial score (nSPS) is 14.0. The van der Waals surface area contributed by atoms with Gasteiger partial charge in [-0.3, -0.25) is 4.90 Å². The van der Waals surface area contributed by atoms with E-state index >= 15 is 0 Å². The van der Waals surface area contributed by atoms with Crippen LogP contribution >= 0.6 is 0 Å². The Hall–Kier alpha value is -5.35. The molecule has 13 heteroatoms. The van der Waals surface area contributed by atoms with Gasteiger partial charge < -0.3 is 23.7 Å². The molecule has 0 amide bonds. The summed E-state index contributed by atoms with van der Waals surface area (Å²) in [6.45, 7) is 12.5. The van der Waals surface area contributed by atoms with Crippen molar-refractivity contribution in [2.24, 2.45) is 0 Å². The number of carbonyl (C=O) groups is 1. The van der Waals surface area contributed by atoms with Gasteiger partial charge in [0.2, 0.25) is 5.88 Å². The molecule has 1 saturated heterocycles. The second-order valence-corrected chi connectivity index (χ2v) is 10.7. The van der Waals surface area contributed by atoms with E-state index in [1.54, 1.807) is 36.8 Å². The number of aryl methyl sites for hydroxylation is 1. The maximum atomic E-state index is 14.2. The average Bonchev–Trinajstić information content (AvgIpc) is 3.65. The number of ether oxygens (including phenoxy) is 2. The van der Waals surface area contributed by atoms with E-state index in [1.807, 2.05) is 6.20 Å². The molecular formula is C32H31FN8O4. The number of likely N-dealkylation sites (tertiary alicyclic amines) is 1. The summed E-state index contributed by atoms with van der Waals surface area (Å²) in [6.07, 6.45) is 6.73. The van der Waals surface area contributed by atoms with Crippen LogP contribution in [0, 0.1) is 12.4 Å². The number of nitrogens with zero attached hydrogens (tertiary/aromatic N) is 8. The van der Waals surface area contributed by atoms with Crippen LogP contribution in [0.4, 0.5) is 10.1 Å². The molecule has 0 aliphatic carbocycles. The van der Waals surface area contributed by atoms with E-state index in [4.69, 9.17) is 21.0 Å². The molecule has 0 radical (unpaired) electrons. The van der Waals surface area contributed by atoms with Crippen molar-refractivity contribution in [2.45, 2.75) is 52.1 Å². The fraction of sp³-hybridized carbons (Fsp3) is 0.312. The van der Waals surface area contributed by atoms with E-state index in [0.29, 0.717) is 24.8 Å². The summed E-state index contributed by atoms with van der Waals surface area (Å²) in [7, 11) is 0. The molecule has 0 atom stereocenters. The summed E-state index contributed by atoms with van der Waals surface area (Å²) in [5.74, 6) is 0.0717. The third-order valence-corrected chi connectivity index (χ3v) is 7.80. The highest BCUT2D eigenvalue weighted by molar-refractivity contribution is 5.92. The van der Waals surface area contributed by atoms with Crippen molar-refractivity contribution in [3.8, 4) is 11.6 Å². The second kappa shape index (κ2) is 13.1. The number of aromatic nitrogens is 6. The zero-order chi connectivity index (χ0) is 31.3. The zero-order valence-electron chi connectivity index (χ0n) is 24.6. The number of benzene rings is 2. The van der Waals surface area contributed by atoms with Crippen LogP contribution in [-0.2, 0) is 26.2 Å². The van der Waals surface area contributed by atoms with Gasteiger partial charge in [0.25, 0.3) is 0 Å². The lowest BCUT2D eigenvalue weighted by Crippen LogP contribution is -2.38. The maximum Gasteiger partial charge on any atom is 0.335 e. The van der Waals surface area contributed by atoms with Crippen molar-refractivity contribution in [2.75, 3.05) is 13.1 Å². The number of aromatic carboxylic acids is 1. The zero-order valence-corrected chi connectivity index (χ0v) is 24.6. The lowest BCUT2D eigenvalue weighted by Gasteiger charge is -2.31. The monoisotopic (exact) mass is 610 g/mol. The third-order valence-electron chi connectivity index (χ3n) is 7.80. The van der Waals surface area contributed by atoms with Crippen LogP contribution in [-0.4, -0.2) is 64.2 Å². The van der Waals surface area contributed by atoms with E-state index in [-0.39, 0.29) is 29.7 Å². The van der Waals surface area contributed by atoms with Gasteiger partial charge in [-0.2, -0.15) is 4.98 Å². The van der Waals surface area contributed by atoms with Crippen molar-refractivity contribution in [3.63, 3.8) is 0 Å². The van der Waals surface area contributed by atoms with Crippen molar-refractivity contribution in [1.29, 1.82) is 0 Å². The van der Waals surface area contributed by atoms with E-state index in [9.17, 15) is 14.3 Å². The van der Waals surface area contributed by atoms with Gasteiger partial charge in [-0.05, 0) is 50.1 Å². The minimum Gasteiger partial charge on any atom is -0.483 e. The Morgan fingerprint density at radius 2 is 1.98 bits per heavy atom. The summed E-state index contributed by atoms with van der Waals surface area (Å²) in [4.78, 5) is 35.1. The molecule has 5 aromatic rings. The Labute approximate surface area is 258 Å². The Morgan fingerprint density at radius 3 is 2.73 bits per heavy atom. The molecule has 12 nitrogen and oxygen atoms in total. The molecule has 1 fully saturated rings. The Balaban J connectivity index is 1.09. The van der Waals surface area contributed by atoms with E-state index in [1.165, 1.54) is 12.1 Å². The lowest BCUT2D eigenvalue weighted by atomic mass is 10.1. The van der Waals surface area contributed by atoms with Gasteiger partial charge in [-0.15, -0.1) is 0 Å². The van der Waals surface area contributed by atoms with Crippen LogP contribution in [0.1, 0.15) is 47.5 Å². The van der Waals surface area contributed by atoms with Gasteiger partial charge in [0.05, 0.1) is 48.3 Å². The summed E-state index contributed by atoms with van der Waals surface area (Å²) in [6, 6.07) is 10.8. The molecule has 0 unspecified atom stereocenters. The van der Waals surface area contributed by atoms with E-state index < -0.39 is 11.8 Å². The molecule has 0 saturated carbocycles. The topological polar surface area (TPSA) is 125 Å². The minimum absolute atomic E-state index is 0.0246. The molecule has 45 heavy (non-hydrogen) atoms. The number of piperidine rings is 1. The number of imidazole rings is 2. The molecule has 230 valence electrons. The van der Waals surface area contributed by atoms with Gasteiger partial charge in [0.15, 0.2) is 23.1 Å². The molecule has 1 N–H and O–H groups in total. The van der Waals surface area contributed by atoms with Crippen LogP contribution in [0.5, 0.6) is 11.6 Å². The maximum absolute atomic E-state index is 14.2. The van der Waals surface area contributed by atoms with Gasteiger partial charge in [0, 0.05) is 38.1 Å². The molecule has 0 spiro atoms. The van der Waals surface area contributed by atoms with Gasteiger partial charge >= 0.3 is 5.97 Å². The van der Waals surface area contributed by atoms with E-state index in [0.717, 1.165) is 61.1 Å². The molecule has 3 aromatic heterocycles. The van der Waals surface area contributed by atoms with E-state index in [2.05, 4.69) is 40.8 Å². The smallest absolute Gasteiger partial charge is 0.335 e. The molecule has 2 aromatic carbocycles. The molecule has 1 aliphatic heterocycles. The Bertz CT molecular complexity index is 1870. The molecule has 0 bridgehead atoms. The fourth-order valence-corrected chi connectivity index (χ4v) is 5.42. The fourth-order valence-electron chi connectivity index (χ4n) is 5.42. The van der Waals surface area contributed by atoms with Crippen molar-refractivity contribution in [3.05, 3.63) is 101 Å². The Morgan fingerprint density at radius 1 is 1.13 bits per heavy atom. The minimum atomic E-state index is -0.976. The van der Waals surface area contributed by atoms with Crippen molar-refractivity contribution in [1.82, 2.24) is 34.0 Å². The first-order valence-electron chi connectivity index (χ1n) is 14.6. The summed E-state index contributed by atoms with van der Waals surface area (Å²) >= 11 is 0. The number of rotatable bonds is 11. The SMILES string of the molecule is [C-]#[N+]c1ccc(OCc2nccc(OC3CCN(Cc4nc5ccc(C(=O)O)cc5n4Cc4cncn4CC)CC3)n2)c(F)c1. The van der Waals surface area contributed by atoms with Crippen LogP contribution in [0.15, 0.2) is 61.2 Å². The molecule has 6 rings (SSSR count). The van der Waals surface area contributed by atoms with Crippen LogP contribution in [0.25, 0.3) is 15.9 Å². The van der Waals surface area contributed by atoms with Crippen molar-refractivity contribution >= 4 is 22.7 Å².